The summed E-state index contributed by atoms with van der Waals surface area (Å²) < 4.78 is 21.5. The maximum absolute atomic E-state index is 13.3. The average molecular weight is 518 g/mol. The van der Waals surface area contributed by atoms with Gasteiger partial charge in [-0.15, -0.1) is 11.3 Å². The van der Waals surface area contributed by atoms with Crippen LogP contribution in [0.4, 0.5) is 0 Å². The van der Waals surface area contributed by atoms with Gasteiger partial charge in [0.05, 0.1) is 13.7 Å². The average Bonchev–Trinajstić information content (AvgIpc) is 3.26. The van der Waals surface area contributed by atoms with E-state index >= 15 is 0 Å². The summed E-state index contributed by atoms with van der Waals surface area (Å²) in [6.07, 6.45) is 10.1. The number of nitrogens with one attached hydrogen (secondary N) is 2. The summed E-state index contributed by atoms with van der Waals surface area (Å²) in [5.74, 6) is 1.32. The molecule has 0 bridgehead atoms. The van der Waals surface area contributed by atoms with Crippen LogP contribution in [0, 0.1) is 5.92 Å². The predicted molar refractivity (Wildman–Crippen MR) is 143 cm³/mol. The molecule has 1 aromatic heterocycles. The Bertz CT molecular complexity index is 990. The van der Waals surface area contributed by atoms with E-state index in [1.807, 2.05) is 18.2 Å². The molecule has 1 saturated heterocycles. The quantitative estimate of drug-likeness (QED) is 0.484. The van der Waals surface area contributed by atoms with Crippen LogP contribution in [0.1, 0.15) is 73.5 Å². The lowest BCUT2D eigenvalue weighted by molar-refractivity contribution is 0.0951. The molecule has 2 aromatic rings. The van der Waals surface area contributed by atoms with E-state index in [-0.39, 0.29) is 5.91 Å². The van der Waals surface area contributed by atoms with Crippen LogP contribution < -0.4 is 15.4 Å². The highest BCUT2D eigenvalue weighted by Crippen LogP contribution is 2.28. The first-order valence-corrected chi connectivity index (χ1v) is 14.9. The van der Waals surface area contributed by atoms with Crippen LogP contribution in [0.2, 0.25) is 0 Å². The lowest BCUT2D eigenvalue weighted by Gasteiger charge is -2.31. The van der Waals surface area contributed by atoms with Gasteiger partial charge in [-0.05, 0) is 75.3 Å². The van der Waals surface area contributed by atoms with Gasteiger partial charge in [0.1, 0.15) is 20.9 Å². The van der Waals surface area contributed by atoms with Crippen molar-refractivity contribution in [3.8, 4) is 5.75 Å². The van der Waals surface area contributed by atoms with Gasteiger partial charge in [-0.1, -0.05) is 25.3 Å². The van der Waals surface area contributed by atoms with Crippen LogP contribution in [0.5, 0.6) is 5.75 Å². The van der Waals surface area contributed by atoms with Crippen molar-refractivity contribution >= 4 is 28.2 Å². The van der Waals surface area contributed by atoms with E-state index in [4.69, 9.17) is 4.74 Å². The normalized spacial score (nSPS) is 21.7. The molecule has 2 heterocycles. The molecule has 2 unspecified atom stereocenters. The number of thiophene rings is 1. The summed E-state index contributed by atoms with van der Waals surface area (Å²) in [6.45, 7) is 4.49. The Morgan fingerprint density at radius 3 is 2.74 bits per heavy atom. The van der Waals surface area contributed by atoms with Crippen molar-refractivity contribution in [3.05, 3.63) is 46.8 Å². The SMILES string of the molecule is COc1cccc(C(=O)NCc2ccc(S(=O)N3CCCC(N[C@H](C)C4CCCCC4)CC3)s2)c1. The molecule has 4 rings (SSSR count). The molecule has 2 N–H and O–H groups in total. The number of hydrogen-bond acceptors (Lipinski definition) is 5. The maximum Gasteiger partial charge on any atom is 0.251 e. The standard InChI is InChI=1S/C27H39N3O3S2/c1-20(21-8-4-3-5-9-21)29-23-11-7-16-30(17-15-23)35(32)26-14-13-25(34-26)19-28-27(31)22-10-6-12-24(18-22)33-2/h6,10,12-14,18,20-21,23,29H,3-5,7-9,11,15-17,19H2,1-2H3,(H,28,31)/t20-,23?,35?/m1/s1. The zero-order chi connectivity index (χ0) is 24.6. The van der Waals surface area contributed by atoms with Gasteiger partial charge in [0.25, 0.3) is 5.91 Å². The first-order valence-electron chi connectivity index (χ1n) is 13.0. The van der Waals surface area contributed by atoms with Crippen LogP contribution in [0.25, 0.3) is 0 Å². The van der Waals surface area contributed by atoms with E-state index in [2.05, 4.69) is 21.9 Å². The van der Waals surface area contributed by atoms with Crippen molar-refractivity contribution in [2.24, 2.45) is 5.92 Å². The molecule has 2 fully saturated rings. The van der Waals surface area contributed by atoms with Crippen LogP contribution in [0.15, 0.2) is 40.6 Å². The summed E-state index contributed by atoms with van der Waals surface area (Å²) in [7, 11) is 0.435. The van der Waals surface area contributed by atoms with E-state index < -0.39 is 11.0 Å². The molecule has 8 heteroatoms. The molecule has 1 aromatic carbocycles. The van der Waals surface area contributed by atoms with Crippen molar-refractivity contribution in [2.45, 2.75) is 81.1 Å². The van der Waals surface area contributed by atoms with Crippen molar-refractivity contribution in [3.63, 3.8) is 0 Å². The number of benzene rings is 1. The second kappa shape index (κ2) is 13.0. The Morgan fingerprint density at radius 1 is 1.11 bits per heavy atom. The van der Waals surface area contributed by atoms with Crippen molar-refractivity contribution in [1.29, 1.82) is 0 Å². The Kier molecular flexibility index (Phi) is 9.77. The second-order valence-corrected chi connectivity index (χ2v) is 12.7. The fourth-order valence-electron chi connectivity index (χ4n) is 5.25. The molecule has 35 heavy (non-hydrogen) atoms. The smallest absolute Gasteiger partial charge is 0.251 e. The first kappa shape index (κ1) is 26.3. The molecule has 2 aliphatic rings. The predicted octanol–water partition coefficient (Wildman–Crippen LogP) is 5.12. The number of carbonyl (C=O) groups is 1. The van der Waals surface area contributed by atoms with Crippen LogP contribution >= 0.6 is 11.3 Å². The molecule has 192 valence electrons. The van der Waals surface area contributed by atoms with Gasteiger partial charge in [0.2, 0.25) is 0 Å². The van der Waals surface area contributed by atoms with Gasteiger partial charge in [-0.25, -0.2) is 8.51 Å². The van der Waals surface area contributed by atoms with E-state index in [1.165, 1.54) is 43.4 Å². The monoisotopic (exact) mass is 517 g/mol. The Labute approximate surface area is 216 Å². The number of carbonyl (C=O) groups excluding carboxylic acids is 1. The Hall–Kier alpha value is -1.74. The number of methoxy groups -OCH3 is 1. The number of hydrogen-bond donors (Lipinski definition) is 2. The summed E-state index contributed by atoms with van der Waals surface area (Å²) >= 11 is 1.52. The summed E-state index contributed by atoms with van der Waals surface area (Å²) in [5.41, 5.74) is 0.565. The van der Waals surface area contributed by atoms with Crippen LogP contribution in [-0.4, -0.2) is 46.7 Å². The van der Waals surface area contributed by atoms with E-state index in [0.717, 1.165) is 47.4 Å². The second-order valence-electron chi connectivity index (χ2n) is 9.79. The fraction of sp³-hybridized carbons (Fsp3) is 0.593. The first-order chi connectivity index (χ1) is 17.0. The molecule has 1 aliphatic heterocycles. The lowest BCUT2D eigenvalue weighted by Crippen LogP contribution is -2.42. The van der Waals surface area contributed by atoms with E-state index in [0.29, 0.717) is 29.9 Å². The van der Waals surface area contributed by atoms with Gasteiger partial charge in [0.15, 0.2) is 0 Å². The maximum atomic E-state index is 13.3. The van der Waals surface area contributed by atoms with E-state index in [9.17, 15) is 9.00 Å². The third-order valence-corrected chi connectivity index (χ3v) is 10.2. The molecular formula is C27H39N3O3S2. The highest BCUT2D eigenvalue weighted by molar-refractivity contribution is 7.85. The van der Waals surface area contributed by atoms with Gasteiger partial charge in [0, 0.05) is 35.6 Å². The Morgan fingerprint density at radius 2 is 1.94 bits per heavy atom. The third-order valence-electron chi connectivity index (χ3n) is 7.34. The zero-order valence-corrected chi connectivity index (χ0v) is 22.6. The fourth-order valence-corrected chi connectivity index (χ4v) is 7.86. The molecule has 0 radical (unpaired) electrons. The van der Waals surface area contributed by atoms with Crippen molar-refractivity contribution in [1.82, 2.24) is 14.9 Å². The summed E-state index contributed by atoms with van der Waals surface area (Å²) in [4.78, 5) is 13.5. The molecule has 6 nitrogen and oxygen atoms in total. The number of nitrogens with zero attached hydrogens (tertiary/aromatic N) is 1. The van der Waals surface area contributed by atoms with E-state index in [1.54, 1.807) is 25.3 Å². The van der Waals surface area contributed by atoms with Crippen LogP contribution in [-0.2, 0) is 17.5 Å². The highest BCUT2D eigenvalue weighted by Gasteiger charge is 2.26. The van der Waals surface area contributed by atoms with Gasteiger partial charge < -0.3 is 15.4 Å². The van der Waals surface area contributed by atoms with Gasteiger partial charge in [-0.3, -0.25) is 4.79 Å². The number of amides is 1. The van der Waals surface area contributed by atoms with Crippen molar-refractivity contribution in [2.75, 3.05) is 20.2 Å². The zero-order valence-electron chi connectivity index (χ0n) is 21.0. The Balaban J connectivity index is 1.26. The highest BCUT2D eigenvalue weighted by atomic mass is 32.2. The molecule has 1 aliphatic carbocycles. The minimum atomic E-state index is -1.15. The molecule has 1 saturated carbocycles. The minimum absolute atomic E-state index is 0.145. The topological polar surface area (TPSA) is 70.7 Å². The number of rotatable bonds is 9. The summed E-state index contributed by atoms with van der Waals surface area (Å²) in [5, 5.41) is 6.86. The molecule has 1 amide bonds. The largest absolute Gasteiger partial charge is 0.497 e. The van der Waals surface area contributed by atoms with Crippen LogP contribution in [0.3, 0.4) is 0 Å². The number of ether oxygens (including phenoxy) is 1. The lowest BCUT2D eigenvalue weighted by atomic mass is 9.84. The summed E-state index contributed by atoms with van der Waals surface area (Å²) in [6, 6.07) is 12.1. The van der Waals surface area contributed by atoms with Gasteiger partial charge >= 0.3 is 0 Å². The molecule has 3 atom stereocenters. The molecular weight excluding hydrogens is 478 g/mol. The van der Waals surface area contributed by atoms with Crippen molar-refractivity contribution < 1.29 is 13.7 Å². The minimum Gasteiger partial charge on any atom is -0.497 e. The third kappa shape index (κ3) is 7.38. The van der Waals surface area contributed by atoms with Gasteiger partial charge in [-0.2, -0.15) is 0 Å². The molecule has 0 spiro atoms.